The van der Waals surface area contributed by atoms with E-state index in [1.165, 1.54) is 18.3 Å². The van der Waals surface area contributed by atoms with Gasteiger partial charge in [0.25, 0.3) is 5.91 Å². The molecule has 0 fully saturated rings. The third kappa shape index (κ3) is 5.27. The largest absolute Gasteiger partial charge is 0.478 e. The highest BCUT2D eigenvalue weighted by Gasteiger charge is 2.18. The maximum atomic E-state index is 13.0. The van der Waals surface area contributed by atoms with Crippen molar-refractivity contribution in [3.05, 3.63) is 101 Å². The van der Waals surface area contributed by atoms with Gasteiger partial charge in [0, 0.05) is 19.3 Å². The Bertz CT molecular complexity index is 883. The molecule has 3 rings (SSSR count). The molecule has 0 aliphatic rings. The summed E-state index contributed by atoms with van der Waals surface area (Å²) in [7, 11) is 0. The fraction of sp³-hybridized carbons (Fsp3) is 0.174. The predicted molar refractivity (Wildman–Crippen MR) is 107 cm³/mol. The molecule has 0 spiro atoms. The molecule has 0 bridgehead atoms. The molecule has 3 aromatic rings. The van der Waals surface area contributed by atoms with Crippen LogP contribution in [0.5, 0.6) is 0 Å². The fourth-order valence-corrected chi connectivity index (χ4v) is 2.97. The van der Waals surface area contributed by atoms with Gasteiger partial charge in [0.1, 0.15) is 5.69 Å². The molecule has 5 nitrogen and oxygen atoms in total. The minimum absolute atomic E-state index is 0.0596. The lowest BCUT2D eigenvalue weighted by Crippen LogP contribution is -2.35. The van der Waals surface area contributed by atoms with Crippen molar-refractivity contribution in [2.24, 2.45) is 0 Å². The maximum Gasteiger partial charge on any atom is 0.335 e. The number of amides is 1. The minimum atomic E-state index is -1.07. The number of hydrogen-bond acceptors (Lipinski definition) is 3. The molecule has 0 aliphatic carbocycles. The molecule has 1 heterocycles. The van der Waals surface area contributed by atoms with Crippen LogP contribution in [-0.4, -0.2) is 40.0 Å². The number of carbonyl (C=O) groups is 2. The van der Waals surface area contributed by atoms with Gasteiger partial charge >= 0.3 is 5.97 Å². The molecule has 1 aromatic heterocycles. The highest BCUT2D eigenvalue weighted by molar-refractivity contribution is 5.95. The van der Waals surface area contributed by atoms with Crippen LogP contribution >= 0.6 is 0 Å². The number of carbonyl (C=O) groups excluding carboxylic acids is 1. The molecule has 0 atom stereocenters. The number of nitrogens with zero attached hydrogens (tertiary/aromatic N) is 2. The van der Waals surface area contributed by atoms with Gasteiger partial charge in [-0.1, -0.05) is 60.7 Å². The van der Waals surface area contributed by atoms with Gasteiger partial charge < -0.3 is 10.0 Å². The van der Waals surface area contributed by atoms with E-state index in [4.69, 9.17) is 0 Å². The van der Waals surface area contributed by atoms with Gasteiger partial charge in [-0.25, -0.2) is 4.79 Å². The third-order valence-corrected chi connectivity index (χ3v) is 4.54. The quantitative estimate of drug-likeness (QED) is 0.653. The number of hydrogen-bond donors (Lipinski definition) is 1. The Labute approximate surface area is 164 Å². The average molecular weight is 374 g/mol. The van der Waals surface area contributed by atoms with E-state index in [0.29, 0.717) is 13.1 Å². The standard InChI is InChI=1S/C23H22N2O3/c26-22(21-17-20(23(27)28)11-14-24-21)25(15-12-18-7-3-1-4-8-18)16-13-19-9-5-2-6-10-19/h1-11,14,17H,12-13,15-16H2,(H,27,28). The SMILES string of the molecule is O=C(O)c1ccnc(C(=O)N(CCc2ccccc2)CCc2ccccc2)c1. The first kappa shape index (κ1) is 19.3. The van der Waals surface area contributed by atoms with Crippen LogP contribution in [-0.2, 0) is 12.8 Å². The molecule has 5 heteroatoms. The molecule has 0 saturated carbocycles. The molecular weight excluding hydrogens is 352 g/mol. The molecular formula is C23H22N2O3. The molecule has 28 heavy (non-hydrogen) atoms. The second kappa shape index (κ2) is 9.46. The monoisotopic (exact) mass is 374 g/mol. The van der Waals surface area contributed by atoms with E-state index in [1.54, 1.807) is 4.90 Å². The summed E-state index contributed by atoms with van der Waals surface area (Å²) in [5.74, 6) is -1.33. The van der Waals surface area contributed by atoms with Crippen molar-refractivity contribution in [3.63, 3.8) is 0 Å². The Morgan fingerprint density at radius 1 is 0.821 bits per heavy atom. The van der Waals surface area contributed by atoms with Gasteiger partial charge in [0.15, 0.2) is 0 Å². The summed E-state index contributed by atoms with van der Waals surface area (Å²) in [5.41, 5.74) is 2.50. The number of benzene rings is 2. The summed E-state index contributed by atoms with van der Waals surface area (Å²) in [6.45, 7) is 1.07. The first-order valence-corrected chi connectivity index (χ1v) is 9.20. The molecule has 142 valence electrons. The van der Waals surface area contributed by atoms with Crippen LogP contribution < -0.4 is 0 Å². The van der Waals surface area contributed by atoms with Crippen LogP contribution in [0.15, 0.2) is 79.0 Å². The second-order valence-electron chi connectivity index (χ2n) is 6.50. The van der Waals surface area contributed by atoms with E-state index in [0.717, 1.165) is 24.0 Å². The number of aromatic nitrogens is 1. The van der Waals surface area contributed by atoms with E-state index in [-0.39, 0.29) is 17.2 Å². The maximum absolute atomic E-state index is 13.0. The molecule has 0 saturated heterocycles. The van der Waals surface area contributed by atoms with E-state index >= 15 is 0 Å². The van der Waals surface area contributed by atoms with Crippen molar-refractivity contribution in [1.29, 1.82) is 0 Å². The average Bonchev–Trinajstić information content (AvgIpc) is 2.75. The Morgan fingerprint density at radius 2 is 1.36 bits per heavy atom. The van der Waals surface area contributed by atoms with E-state index in [2.05, 4.69) is 4.98 Å². The molecule has 0 unspecified atom stereocenters. The Kier molecular flexibility index (Phi) is 6.52. The molecule has 1 amide bonds. The van der Waals surface area contributed by atoms with E-state index in [9.17, 15) is 14.7 Å². The zero-order chi connectivity index (χ0) is 19.8. The number of rotatable bonds is 8. The van der Waals surface area contributed by atoms with Gasteiger partial charge in [0.05, 0.1) is 5.56 Å². The molecule has 2 aromatic carbocycles. The lowest BCUT2D eigenvalue weighted by atomic mass is 10.1. The molecule has 0 radical (unpaired) electrons. The highest BCUT2D eigenvalue weighted by atomic mass is 16.4. The van der Waals surface area contributed by atoms with Crippen LogP contribution in [0.1, 0.15) is 32.0 Å². The van der Waals surface area contributed by atoms with Crippen LogP contribution in [0, 0.1) is 0 Å². The normalized spacial score (nSPS) is 10.4. The van der Waals surface area contributed by atoms with Crippen molar-refractivity contribution < 1.29 is 14.7 Å². The third-order valence-electron chi connectivity index (χ3n) is 4.54. The van der Waals surface area contributed by atoms with Crippen molar-refractivity contribution in [1.82, 2.24) is 9.88 Å². The zero-order valence-corrected chi connectivity index (χ0v) is 15.5. The number of carboxylic acids is 1. The predicted octanol–water partition coefficient (Wildman–Crippen LogP) is 3.71. The smallest absolute Gasteiger partial charge is 0.335 e. The van der Waals surface area contributed by atoms with Crippen molar-refractivity contribution in [2.75, 3.05) is 13.1 Å². The summed E-state index contributed by atoms with van der Waals surface area (Å²) in [5, 5.41) is 9.18. The zero-order valence-electron chi connectivity index (χ0n) is 15.5. The van der Waals surface area contributed by atoms with Crippen molar-refractivity contribution in [2.45, 2.75) is 12.8 Å². The molecule has 0 aliphatic heterocycles. The summed E-state index contributed by atoms with van der Waals surface area (Å²) >= 11 is 0. The summed E-state index contributed by atoms with van der Waals surface area (Å²) in [4.78, 5) is 30.1. The lowest BCUT2D eigenvalue weighted by molar-refractivity contribution is 0.0696. The summed E-state index contributed by atoms with van der Waals surface area (Å²) in [6.07, 6.45) is 2.81. The first-order valence-electron chi connectivity index (χ1n) is 9.20. The summed E-state index contributed by atoms with van der Waals surface area (Å²) in [6, 6.07) is 22.7. The Balaban J connectivity index is 1.76. The Hall–Kier alpha value is -3.47. The van der Waals surface area contributed by atoms with Crippen molar-refractivity contribution in [3.8, 4) is 0 Å². The number of carboxylic acid groups (broad SMARTS) is 1. The fourth-order valence-electron chi connectivity index (χ4n) is 2.97. The van der Waals surface area contributed by atoms with Gasteiger partial charge in [-0.2, -0.15) is 0 Å². The highest BCUT2D eigenvalue weighted by Crippen LogP contribution is 2.10. The Morgan fingerprint density at radius 3 is 1.86 bits per heavy atom. The van der Waals surface area contributed by atoms with Gasteiger partial charge in [-0.05, 0) is 36.1 Å². The van der Waals surface area contributed by atoms with Crippen LogP contribution in [0.4, 0.5) is 0 Å². The van der Waals surface area contributed by atoms with Crippen LogP contribution in [0.3, 0.4) is 0 Å². The number of aromatic carboxylic acids is 1. The minimum Gasteiger partial charge on any atom is -0.478 e. The molecule has 1 N–H and O–H groups in total. The van der Waals surface area contributed by atoms with Crippen LogP contribution in [0.2, 0.25) is 0 Å². The first-order chi connectivity index (χ1) is 13.6. The topological polar surface area (TPSA) is 70.5 Å². The van der Waals surface area contributed by atoms with Crippen molar-refractivity contribution >= 4 is 11.9 Å². The van der Waals surface area contributed by atoms with Crippen LogP contribution in [0.25, 0.3) is 0 Å². The van der Waals surface area contributed by atoms with Gasteiger partial charge in [-0.15, -0.1) is 0 Å². The lowest BCUT2D eigenvalue weighted by Gasteiger charge is -2.23. The summed E-state index contributed by atoms with van der Waals surface area (Å²) < 4.78 is 0. The van der Waals surface area contributed by atoms with Gasteiger partial charge in [-0.3, -0.25) is 9.78 Å². The van der Waals surface area contributed by atoms with Gasteiger partial charge in [0.2, 0.25) is 0 Å². The van der Waals surface area contributed by atoms with E-state index in [1.807, 2.05) is 60.7 Å². The van der Waals surface area contributed by atoms with E-state index < -0.39 is 5.97 Å². The number of pyridine rings is 1. The second-order valence-corrected chi connectivity index (χ2v) is 6.50.